The molecule has 0 atom stereocenters. The molecule has 0 saturated heterocycles. The number of fused-ring (bicyclic) bond motifs is 1. The third-order valence-electron chi connectivity index (χ3n) is 4.90. The normalized spacial score (nSPS) is 10.8. The summed E-state index contributed by atoms with van der Waals surface area (Å²) in [5.41, 5.74) is 3.03. The molecule has 0 aliphatic heterocycles. The van der Waals surface area contributed by atoms with Gasteiger partial charge in [-0.05, 0) is 35.9 Å². The first-order chi connectivity index (χ1) is 14.9. The summed E-state index contributed by atoms with van der Waals surface area (Å²) in [5, 5.41) is 12.2. The zero-order chi connectivity index (χ0) is 22.0. The van der Waals surface area contributed by atoms with Crippen molar-refractivity contribution in [2.75, 3.05) is 7.05 Å². The van der Waals surface area contributed by atoms with Gasteiger partial charge in [0.1, 0.15) is 0 Å². The number of rotatable bonds is 5. The number of nitrogens with zero attached hydrogens (tertiary/aromatic N) is 4. The molecule has 0 aliphatic carbocycles. The van der Waals surface area contributed by atoms with Gasteiger partial charge in [0.2, 0.25) is 0 Å². The number of hydrogen-bond donors (Lipinski definition) is 0. The minimum atomic E-state index is -0.488. The van der Waals surface area contributed by atoms with Gasteiger partial charge < -0.3 is 4.90 Å². The minimum Gasteiger partial charge on any atom is -0.337 e. The predicted molar refractivity (Wildman–Crippen MR) is 119 cm³/mol. The second kappa shape index (κ2) is 8.49. The Morgan fingerprint density at radius 2 is 1.94 bits per heavy atom. The molecule has 8 heteroatoms. The first-order valence-electron chi connectivity index (χ1n) is 9.42. The van der Waals surface area contributed by atoms with Crippen molar-refractivity contribution >= 4 is 34.1 Å². The number of carbonyl (C=O) groups is 1. The standard InChI is InChI=1S/C23H17ClN4O3/c1-27(14-16-11-17(28(30)31)8-9-20(16)24)23(29)19-12-22(15-5-4-10-25-13-15)26-21-7-3-2-6-18(19)21/h2-13H,14H2,1H3. The number of pyridine rings is 2. The third-order valence-corrected chi connectivity index (χ3v) is 5.27. The molecule has 0 fully saturated rings. The summed E-state index contributed by atoms with van der Waals surface area (Å²) in [5.74, 6) is -0.244. The van der Waals surface area contributed by atoms with E-state index in [1.165, 1.54) is 23.1 Å². The van der Waals surface area contributed by atoms with Gasteiger partial charge in [-0.25, -0.2) is 4.98 Å². The monoisotopic (exact) mass is 432 g/mol. The maximum atomic E-state index is 13.4. The van der Waals surface area contributed by atoms with Crippen molar-refractivity contribution in [1.82, 2.24) is 14.9 Å². The Bertz CT molecular complexity index is 1290. The SMILES string of the molecule is CN(Cc1cc([N+](=O)[O-])ccc1Cl)C(=O)c1cc(-c2cccnc2)nc2ccccc12. The molecule has 154 valence electrons. The second-order valence-corrected chi connectivity index (χ2v) is 7.42. The Hall–Kier alpha value is -3.84. The lowest BCUT2D eigenvalue weighted by Gasteiger charge is -2.19. The maximum Gasteiger partial charge on any atom is 0.269 e. The smallest absolute Gasteiger partial charge is 0.269 e. The Morgan fingerprint density at radius 3 is 2.68 bits per heavy atom. The molecular weight excluding hydrogens is 416 g/mol. The van der Waals surface area contributed by atoms with Crippen LogP contribution in [0.25, 0.3) is 22.2 Å². The molecule has 0 unspecified atom stereocenters. The molecule has 0 bridgehead atoms. The predicted octanol–water partition coefficient (Wildman–Crippen LogP) is 5.13. The van der Waals surface area contributed by atoms with Gasteiger partial charge >= 0.3 is 0 Å². The third kappa shape index (κ3) is 4.22. The van der Waals surface area contributed by atoms with Crippen molar-refractivity contribution in [2.24, 2.45) is 0 Å². The number of hydrogen-bond acceptors (Lipinski definition) is 5. The highest BCUT2D eigenvalue weighted by Gasteiger charge is 2.19. The molecule has 1 amide bonds. The molecule has 4 aromatic rings. The van der Waals surface area contributed by atoms with E-state index in [9.17, 15) is 14.9 Å². The van der Waals surface area contributed by atoms with E-state index >= 15 is 0 Å². The maximum absolute atomic E-state index is 13.4. The fourth-order valence-corrected chi connectivity index (χ4v) is 3.52. The van der Waals surface area contributed by atoms with Crippen LogP contribution < -0.4 is 0 Å². The lowest BCUT2D eigenvalue weighted by molar-refractivity contribution is -0.384. The largest absolute Gasteiger partial charge is 0.337 e. The van der Waals surface area contributed by atoms with Crippen LogP contribution in [0.5, 0.6) is 0 Å². The zero-order valence-corrected chi connectivity index (χ0v) is 17.3. The van der Waals surface area contributed by atoms with E-state index in [0.29, 0.717) is 27.4 Å². The fraction of sp³-hybridized carbons (Fsp3) is 0.0870. The van der Waals surface area contributed by atoms with Gasteiger partial charge in [-0.3, -0.25) is 19.9 Å². The van der Waals surface area contributed by atoms with E-state index in [4.69, 9.17) is 11.6 Å². The number of para-hydroxylation sites is 1. The summed E-state index contributed by atoms with van der Waals surface area (Å²) < 4.78 is 0. The summed E-state index contributed by atoms with van der Waals surface area (Å²) in [4.78, 5) is 34.3. The van der Waals surface area contributed by atoms with E-state index in [-0.39, 0.29) is 18.1 Å². The Morgan fingerprint density at radius 1 is 1.13 bits per heavy atom. The molecule has 0 radical (unpaired) electrons. The number of aromatic nitrogens is 2. The van der Waals surface area contributed by atoms with Gasteiger partial charge in [-0.15, -0.1) is 0 Å². The van der Waals surface area contributed by atoms with Gasteiger partial charge in [-0.2, -0.15) is 0 Å². The van der Waals surface area contributed by atoms with Crippen molar-refractivity contribution in [3.8, 4) is 11.3 Å². The molecule has 0 N–H and O–H groups in total. The lowest BCUT2D eigenvalue weighted by atomic mass is 10.0. The van der Waals surface area contributed by atoms with Gasteiger partial charge in [0.25, 0.3) is 11.6 Å². The van der Waals surface area contributed by atoms with Crippen LogP contribution >= 0.6 is 11.6 Å². The van der Waals surface area contributed by atoms with Crippen LogP contribution in [0, 0.1) is 10.1 Å². The van der Waals surface area contributed by atoms with Crippen LogP contribution in [0.2, 0.25) is 5.02 Å². The summed E-state index contributed by atoms with van der Waals surface area (Å²) in [6, 6.07) is 17.0. The van der Waals surface area contributed by atoms with Crippen molar-refractivity contribution in [3.63, 3.8) is 0 Å². The van der Waals surface area contributed by atoms with Crippen LogP contribution in [0.4, 0.5) is 5.69 Å². The van der Waals surface area contributed by atoms with E-state index in [0.717, 1.165) is 10.9 Å². The first-order valence-corrected chi connectivity index (χ1v) is 9.80. The van der Waals surface area contributed by atoms with Crippen molar-refractivity contribution < 1.29 is 9.72 Å². The molecule has 2 heterocycles. The van der Waals surface area contributed by atoms with Crippen molar-refractivity contribution in [2.45, 2.75) is 6.54 Å². The molecule has 4 rings (SSSR count). The van der Waals surface area contributed by atoms with Crippen molar-refractivity contribution in [3.05, 3.63) is 99.3 Å². The number of amides is 1. The van der Waals surface area contributed by atoms with E-state index in [1.54, 1.807) is 25.5 Å². The number of nitro benzene ring substituents is 1. The van der Waals surface area contributed by atoms with Crippen LogP contribution in [0.1, 0.15) is 15.9 Å². The van der Waals surface area contributed by atoms with Crippen LogP contribution in [-0.2, 0) is 6.54 Å². The molecule has 2 aromatic carbocycles. The molecule has 7 nitrogen and oxygen atoms in total. The number of halogens is 1. The van der Waals surface area contributed by atoms with Crippen LogP contribution in [-0.4, -0.2) is 32.7 Å². The van der Waals surface area contributed by atoms with E-state index in [2.05, 4.69) is 9.97 Å². The molecule has 2 aromatic heterocycles. The summed E-state index contributed by atoms with van der Waals surface area (Å²) in [7, 11) is 1.64. The Kier molecular flexibility index (Phi) is 5.60. The highest BCUT2D eigenvalue weighted by molar-refractivity contribution is 6.31. The van der Waals surface area contributed by atoms with Gasteiger partial charge in [-0.1, -0.05) is 29.8 Å². The first kappa shape index (κ1) is 20.4. The number of non-ortho nitro benzene ring substituents is 1. The molecule has 0 aliphatic rings. The quantitative estimate of drug-likeness (QED) is 0.322. The van der Waals surface area contributed by atoms with E-state index in [1.807, 2.05) is 36.4 Å². The highest BCUT2D eigenvalue weighted by atomic mass is 35.5. The number of nitro groups is 1. The molecule has 31 heavy (non-hydrogen) atoms. The Labute approximate surface area is 183 Å². The van der Waals surface area contributed by atoms with Crippen molar-refractivity contribution in [1.29, 1.82) is 0 Å². The second-order valence-electron chi connectivity index (χ2n) is 7.01. The topological polar surface area (TPSA) is 89.2 Å². The summed E-state index contributed by atoms with van der Waals surface area (Å²) in [6.45, 7) is 0.123. The summed E-state index contributed by atoms with van der Waals surface area (Å²) >= 11 is 6.22. The average Bonchev–Trinajstić information content (AvgIpc) is 2.79. The summed E-state index contributed by atoms with van der Waals surface area (Å²) in [6.07, 6.45) is 3.37. The Balaban J connectivity index is 1.73. The molecular formula is C23H17ClN4O3. The van der Waals surface area contributed by atoms with Gasteiger partial charge in [0.05, 0.1) is 21.7 Å². The van der Waals surface area contributed by atoms with Crippen LogP contribution in [0.15, 0.2) is 73.1 Å². The molecule has 0 spiro atoms. The molecule has 0 saturated carbocycles. The average molecular weight is 433 g/mol. The number of carbonyl (C=O) groups excluding carboxylic acids is 1. The zero-order valence-electron chi connectivity index (χ0n) is 16.5. The highest BCUT2D eigenvalue weighted by Crippen LogP contribution is 2.27. The van der Waals surface area contributed by atoms with Crippen LogP contribution in [0.3, 0.4) is 0 Å². The lowest BCUT2D eigenvalue weighted by Crippen LogP contribution is -2.26. The van der Waals surface area contributed by atoms with Gasteiger partial charge in [0.15, 0.2) is 0 Å². The minimum absolute atomic E-state index is 0.0755. The van der Waals surface area contributed by atoms with Gasteiger partial charge in [0, 0.05) is 54.1 Å². The fourth-order valence-electron chi connectivity index (χ4n) is 3.34. The van der Waals surface area contributed by atoms with E-state index < -0.39 is 4.92 Å². The number of benzene rings is 2.